The second-order valence-corrected chi connectivity index (χ2v) is 6.48. The minimum Gasteiger partial charge on any atom is -0.476 e. The van der Waals surface area contributed by atoms with Crippen molar-refractivity contribution < 1.29 is 22.6 Å². The third-order valence-electron chi connectivity index (χ3n) is 4.37. The van der Waals surface area contributed by atoms with Crippen molar-refractivity contribution in [2.24, 2.45) is 0 Å². The molecule has 0 spiro atoms. The Kier molecular flexibility index (Phi) is 5.30. The lowest BCUT2D eigenvalue weighted by Crippen LogP contribution is -2.26. The molecule has 0 saturated carbocycles. The first-order valence-corrected chi connectivity index (χ1v) is 8.92. The Morgan fingerprint density at radius 1 is 1.03 bits per heavy atom. The average Bonchev–Trinajstić information content (AvgIpc) is 2.89. The maximum Gasteiger partial charge on any atom is 0.573 e. The van der Waals surface area contributed by atoms with Gasteiger partial charge in [-0.15, -0.1) is 13.2 Å². The van der Waals surface area contributed by atoms with E-state index in [9.17, 15) is 13.2 Å². The molecule has 2 aromatic heterocycles. The number of fused-ring (bicyclic) bond motifs is 1. The van der Waals surface area contributed by atoms with Gasteiger partial charge >= 0.3 is 6.36 Å². The van der Waals surface area contributed by atoms with Crippen molar-refractivity contribution in [2.45, 2.75) is 19.5 Å². The zero-order valence-electron chi connectivity index (χ0n) is 15.3. The molecule has 150 valence electrons. The number of aromatic nitrogens is 3. The number of hydrogen-bond donors (Lipinski definition) is 0. The fraction of sp³-hybridized carbons (Fsp3) is 0.250. The van der Waals surface area contributed by atoms with E-state index in [-0.39, 0.29) is 5.75 Å². The summed E-state index contributed by atoms with van der Waals surface area (Å²) in [5.41, 5.74) is 2.41. The normalized spacial score (nSPS) is 14.6. The maximum absolute atomic E-state index is 12.3. The van der Waals surface area contributed by atoms with Crippen LogP contribution in [-0.4, -0.2) is 39.4 Å². The summed E-state index contributed by atoms with van der Waals surface area (Å²) < 4.78 is 46.6. The van der Waals surface area contributed by atoms with Gasteiger partial charge < -0.3 is 9.47 Å². The van der Waals surface area contributed by atoms with Crippen LogP contribution < -0.4 is 9.47 Å². The third-order valence-corrected chi connectivity index (χ3v) is 4.37. The first-order chi connectivity index (χ1) is 14.0. The predicted octanol–water partition coefficient (Wildman–Crippen LogP) is 3.83. The highest BCUT2D eigenvalue weighted by Crippen LogP contribution is 2.29. The van der Waals surface area contributed by atoms with E-state index in [1.807, 2.05) is 6.07 Å². The number of pyridine rings is 1. The van der Waals surface area contributed by atoms with E-state index in [0.29, 0.717) is 32.1 Å². The van der Waals surface area contributed by atoms with Gasteiger partial charge in [0.25, 0.3) is 0 Å². The summed E-state index contributed by atoms with van der Waals surface area (Å²) in [5.74, 6) is 1.02. The van der Waals surface area contributed by atoms with Gasteiger partial charge in [-0.1, -0.05) is 12.1 Å². The highest BCUT2D eigenvalue weighted by atomic mass is 19.4. The van der Waals surface area contributed by atoms with Crippen molar-refractivity contribution in [1.29, 1.82) is 0 Å². The van der Waals surface area contributed by atoms with Crippen molar-refractivity contribution >= 4 is 0 Å². The number of rotatable bonds is 4. The molecular formula is C20H17F3N4O2. The van der Waals surface area contributed by atoms with Gasteiger partial charge in [-0.25, -0.2) is 15.0 Å². The van der Waals surface area contributed by atoms with Crippen molar-refractivity contribution in [2.75, 3.05) is 13.2 Å². The highest BCUT2D eigenvalue weighted by Gasteiger charge is 2.31. The average molecular weight is 402 g/mol. The Hall–Kier alpha value is -3.20. The molecular weight excluding hydrogens is 385 g/mol. The largest absolute Gasteiger partial charge is 0.573 e. The summed E-state index contributed by atoms with van der Waals surface area (Å²) in [4.78, 5) is 15.1. The minimum absolute atomic E-state index is 0.263. The lowest BCUT2D eigenvalue weighted by Gasteiger charge is -2.18. The van der Waals surface area contributed by atoms with E-state index < -0.39 is 6.36 Å². The van der Waals surface area contributed by atoms with Gasteiger partial charge in [0.2, 0.25) is 5.88 Å². The van der Waals surface area contributed by atoms with E-state index in [1.54, 1.807) is 36.8 Å². The van der Waals surface area contributed by atoms with Crippen LogP contribution in [-0.2, 0) is 13.1 Å². The summed E-state index contributed by atoms with van der Waals surface area (Å²) in [6.07, 6.45) is 0.345. The van der Waals surface area contributed by atoms with Gasteiger partial charge in [0.15, 0.2) is 0 Å². The molecule has 0 saturated heterocycles. The molecule has 1 aliphatic rings. The number of ether oxygens (including phenoxy) is 2. The molecule has 0 radical (unpaired) electrons. The van der Waals surface area contributed by atoms with Gasteiger partial charge in [0, 0.05) is 42.8 Å². The first kappa shape index (κ1) is 19.1. The SMILES string of the molecule is FC(F)(F)Oc1ccc(-c2cnc3c(c2)CN(Cc2ncccn2)CCO3)cc1. The second-order valence-electron chi connectivity index (χ2n) is 6.48. The van der Waals surface area contributed by atoms with Gasteiger partial charge in [-0.2, -0.15) is 0 Å². The molecule has 9 heteroatoms. The summed E-state index contributed by atoms with van der Waals surface area (Å²) in [5, 5.41) is 0. The van der Waals surface area contributed by atoms with Gasteiger partial charge in [0.05, 0.1) is 6.54 Å². The molecule has 0 atom stereocenters. The molecule has 4 rings (SSSR count). The smallest absolute Gasteiger partial charge is 0.476 e. The number of alkyl halides is 3. The third kappa shape index (κ3) is 5.00. The Balaban J connectivity index is 1.53. The van der Waals surface area contributed by atoms with E-state index >= 15 is 0 Å². The zero-order valence-corrected chi connectivity index (χ0v) is 15.3. The molecule has 0 bridgehead atoms. The number of benzene rings is 1. The van der Waals surface area contributed by atoms with E-state index in [1.165, 1.54) is 12.1 Å². The molecule has 0 amide bonds. The van der Waals surface area contributed by atoms with Crippen LogP contribution in [0.15, 0.2) is 55.0 Å². The summed E-state index contributed by atoms with van der Waals surface area (Å²) in [7, 11) is 0. The fourth-order valence-electron chi connectivity index (χ4n) is 3.09. The van der Waals surface area contributed by atoms with Crippen LogP contribution in [0.3, 0.4) is 0 Å². The van der Waals surface area contributed by atoms with Crippen LogP contribution >= 0.6 is 0 Å². The van der Waals surface area contributed by atoms with Gasteiger partial charge in [-0.05, 0) is 29.8 Å². The molecule has 1 aliphatic heterocycles. The number of hydrogen-bond acceptors (Lipinski definition) is 6. The molecule has 3 aromatic rings. The summed E-state index contributed by atoms with van der Waals surface area (Å²) in [6.45, 7) is 2.38. The monoisotopic (exact) mass is 402 g/mol. The van der Waals surface area contributed by atoms with Crippen LogP contribution in [0, 0.1) is 0 Å². The van der Waals surface area contributed by atoms with Crippen LogP contribution in [0.25, 0.3) is 11.1 Å². The van der Waals surface area contributed by atoms with Crippen LogP contribution in [0.4, 0.5) is 13.2 Å². The lowest BCUT2D eigenvalue weighted by molar-refractivity contribution is -0.274. The van der Waals surface area contributed by atoms with Crippen molar-refractivity contribution in [1.82, 2.24) is 19.9 Å². The Morgan fingerprint density at radius 2 is 1.79 bits per heavy atom. The van der Waals surface area contributed by atoms with Crippen LogP contribution in [0.1, 0.15) is 11.4 Å². The Morgan fingerprint density at radius 3 is 2.52 bits per heavy atom. The maximum atomic E-state index is 12.3. The second kappa shape index (κ2) is 8.04. The highest BCUT2D eigenvalue weighted by molar-refractivity contribution is 5.64. The van der Waals surface area contributed by atoms with Crippen molar-refractivity contribution in [3.05, 3.63) is 66.4 Å². The fourth-order valence-corrected chi connectivity index (χ4v) is 3.09. The Labute approximate surface area is 165 Å². The molecule has 0 aliphatic carbocycles. The summed E-state index contributed by atoms with van der Waals surface area (Å²) in [6, 6.07) is 9.40. The van der Waals surface area contributed by atoms with E-state index in [4.69, 9.17) is 4.74 Å². The minimum atomic E-state index is -4.71. The molecule has 0 unspecified atom stereocenters. The molecule has 29 heavy (non-hydrogen) atoms. The predicted molar refractivity (Wildman–Crippen MR) is 98.0 cm³/mol. The van der Waals surface area contributed by atoms with Crippen molar-refractivity contribution in [3.63, 3.8) is 0 Å². The van der Waals surface area contributed by atoms with Gasteiger partial charge in [0.1, 0.15) is 18.2 Å². The molecule has 3 heterocycles. The van der Waals surface area contributed by atoms with E-state index in [2.05, 4.69) is 24.6 Å². The van der Waals surface area contributed by atoms with E-state index in [0.717, 1.165) is 22.5 Å². The standard InChI is InChI=1S/C20H17F3N4O2/c21-20(22,23)29-17-4-2-14(3-5-17)15-10-16-12-27(8-9-28-19(16)26-11-15)13-18-24-6-1-7-25-18/h1-7,10-11H,8-9,12-13H2. The van der Waals surface area contributed by atoms with Crippen molar-refractivity contribution in [3.8, 4) is 22.8 Å². The molecule has 6 nitrogen and oxygen atoms in total. The Bertz CT molecular complexity index is 966. The van der Waals surface area contributed by atoms with Crippen LogP contribution in [0.5, 0.6) is 11.6 Å². The van der Waals surface area contributed by atoms with Crippen LogP contribution in [0.2, 0.25) is 0 Å². The number of nitrogens with zero attached hydrogens (tertiary/aromatic N) is 4. The zero-order chi connectivity index (χ0) is 20.3. The molecule has 0 fully saturated rings. The number of halogens is 3. The summed E-state index contributed by atoms with van der Waals surface area (Å²) >= 11 is 0. The first-order valence-electron chi connectivity index (χ1n) is 8.92. The lowest BCUT2D eigenvalue weighted by atomic mass is 10.1. The topological polar surface area (TPSA) is 60.4 Å². The molecule has 1 aromatic carbocycles. The molecule has 0 N–H and O–H groups in total. The quantitative estimate of drug-likeness (QED) is 0.661. The van der Waals surface area contributed by atoms with Gasteiger partial charge in [-0.3, -0.25) is 4.90 Å².